The van der Waals surface area contributed by atoms with Gasteiger partial charge in [-0.15, -0.1) is 11.3 Å². The van der Waals surface area contributed by atoms with E-state index in [2.05, 4.69) is 25.9 Å². The molecule has 1 saturated carbocycles. The number of nitrogens with one attached hydrogen (secondary N) is 3. The Morgan fingerprint density at radius 3 is 2.84 bits per heavy atom. The van der Waals surface area contributed by atoms with Crippen LogP contribution in [-0.4, -0.2) is 45.8 Å². The van der Waals surface area contributed by atoms with Crippen LogP contribution in [0, 0.1) is 5.92 Å². The third kappa shape index (κ3) is 5.29. The van der Waals surface area contributed by atoms with Crippen molar-refractivity contribution in [3.8, 4) is 0 Å². The molecule has 1 aromatic carbocycles. The number of amides is 1. The highest BCUT2D eigenvalue weighted by atomic mass is 32.1. The van der Waals surface area contributed by atoms with Crippen LogP contribution in [0.1, 0.15) is 37.0 Å². The summed E-state index contributed by atoms with van der Waals surface area (Å²) in [6.07, 6.45) is 0.652. The number of hydrogen-bond acceptors (Lipinski definition) is 7. The van der Waals surface area contributed by atoms with Gasteiger partial charge in [-0.2, -0.15) is 0 Å². The van der Waals surface area contributed by atoms with Crippen molar-refractivity contribution in [1.82, 2.24) is 15.3 Å². The fourth-order valence-corrected chi connectivity index (χ4v) is 4.07. The summed E-state index contributed by atoms with van der Waals surface area (Å²) in [6, 6.07) is 7.70. The normalized spacial score (nSPS) is 15.6. The Morgan fingerprint density at radius 2 is 2.10 bits per heavy atom. The van der Waals surface area contributed by atoms with E-state index in [1.165, 1.54) is 6.20 Å². The molecule has 4 rings (SSSR count). The fourth-order valence-electron chi connectivity index (χ4n) is 3.36. The van der Waals surface area contributed by atoms with E-state index >= 15 is 0 Å². The first kappa shape index (κ1) is 21.5. The molecule has 0 aliphatic heterocycles. The summed E-state index contributed by atoms with van der Waals surface area (Å²) in [7, 11) is 0. The molecule has 2 aromatic heterocycles. The largest absolute Gasteiger partial charge is 0.390 e. The number of nitrogens with zero attached hydrogens (tertiary/aromatic N) is 2. The fraction of sp³-hybridized carbons (Fsp3) is 0.409. The van der Waals surface area contributed by atoms with Crippen LogP contribution >= 0.6 is 11.3 Å². The molecule has 2 unspecified atom stereocenters. The molecule has 1 aliphatic rings. The Kier molecular flexibility index (Phi) is 6.33. The standard InChI is InChI=1S/C22H26FN5O2S/c1-12(2)27-18-8-20(28-14-5-6-17-19(7-14)31-11-26-17)24-9-15(18)22(30)25-10-16(23)21(29)13-3-4-13/h5-9,11-13,16,21,29H,3-4,10H2,1-2H3,(H,25,30)(H2,24,27,28). The van der Waals surface area contributed by atoms with Gasteiger partial charge in [0, 0.05) is 24.0 Å². The van der Waals surface area contributed by atoms with Gasteiger partial charge in [-0.3, -0.25) is 4.79 Å². The number of aliphatic hydroxyl groups is 1. The highest BCUT2D eigenvalue weighted by molar-refractivity contribution is 7.16. The smallest absolute Gasteiger partial charge is 0.255 e. The summed E-state index contributed by atoms with van der Waals surface area (Å²) in [4.78, 5) is 21.3. The highest BCUT2D eigenvalue weighted by Gasteiger charge is 2.35. The number of aliphatic hydroxyl groups excluding tert-OH is 1. The number of carbonyl (C=O) groups excluding carboxylic acids is 1. The second-order valence-electron chi connectivity index (χ2n) is 8.13. The zero-order valence-electron chi connectivity index (χ0n) is 17.4. The second-order valence-corrected chi connectivity index (χ2v) is 9.01. The first-order valence-electron chi connectivity index (χ1n) is 10.4. The summed E-state index contributed by atoms with van der Waals surface area (Å²) >= 11 is 1.56. The van der Waals surface area contributed by atoms with E-state index in [0.717, 1.165) is 28.7 Å². The van der Waals surface area contributed by atoms with E-state index in [4.69, 9.17) is 0 Å². The van der Waals surface area contributed by atoms with Gasteiger partial charge in [-0.25, -0.2) is 14.4 Å². The van der Waals surface area contributed by atoms with Crippen LogP contribution in [0.4, 0.5) is 21.6 Å². The number of hydrogen-bond donors (Lipinski definition) is 4. The van der Waals surface area contributed by atoms with E-state index < -0.39 is 18.2 Å². The maximum Gasteiger partial charge on any atom is 0.255 e. The molecule has 2 heterocycles. The van der Waals surface area contributed by atoms with Gasteiger partial charge in [0.15, 0.2) is 0 Å². The Balaban J connectivity index is 1.48. The van der Waals surface area contributed by atoms with Gasteiger partial charge in [0.25, 0.3) is 5.91 Å². The van der Waals surface area contributed by atoms with Crippen LogP contribution < -0.4 is 16.0 Å². The first-order chi connectivity index (χ1) is 14.9. The van der Waals surface area contributed by atoms with Crippen LogP contribution in [0.5, 0.6) is 0 Å². The van der Waals surface area contributed by atoms with E-state index in [1.807, 2.05) is 32.0 Å². The lowest BCUT2D eigenvalue weighted by Gasteiger charge is -2.18. The van der Waals surface area contributed by atoms with Gasteiger partial charge in [-0.1, -0.05) is 0 Å². The third-order valence-corrected chi connectivity index (χ3v) is 5.92. The van der Waals surface area contributed by atoms with E-state index in [9.17, 15) is 14.3 Å². The monoisotopic (exact) mass is 443 g/mol. The lowest BCUT2D eigenvalue weighted by molar-refractivity contribution is 0.0575. The number of pyridine rings is 1. The molecule has 164 valence electrons. The molecule has 7 nitrogen and oxygen atoms in total. The lowest BCUT2D eigenvalue weighted by Crippen LogP contribution is -2.37. The van der Waals surface area contributed by atoms with Crippen molar-refractivity contribution >= 4 is 44.7 Å². The molecule has 0 bridgehead atoms. The Bertz CT molecular complexity index is 1070. The molecule has 1 fully saturated rings. The summed E-state index contributed by atoms with van der Waals surface area (Å²) in [5, 5.41) is 19.0. The summed E-state index contributed by atoms with van der Waals surface area (Å²) in [5.41, 5.74) is 4.53. The van der Waals surface area contributed by atoms with Gasteiger partial charge < -0.3 is 21.1 Å². The molecule has 0 spiro atoms. The minimum absolute atomic E-state index is 0.0151. The summed E-state index contributed by atoms with van der Waals surface area (Å²) in [5.74, 6) is 0.163. The molecule has 9 heteroatoms. The number of rotatable bonds is 9. The summed E-state index contributed by atoms with van der Waals surface area (Å²) < 4.78 is 15.2. The quantitative estimate of drug-likeness (QED) is 0.398. The zero-order chi connectivity index (χ0) is 22.0. The number of alkyl halides is 1. The average molecular weight is 444 g/mol. The zero-order valence-corrected chi connectivity index (χ0v) is 18.2. The molecule has 3 aromatic rings. The van der Waals surface area contributed by atoms with E-state index in [-0.39, 0.29) is 18.5 Å². The third-order valence-electron chi connectivity index (χ3n) is 5.13. The van der Waals surface area contributed by atoms with Gasteiger partial charge >= 0.3 is 0 Å². The summed E-state index contributed by atoms with van der Waals surface area (Å²) in [6.45, 7) is 3.71. The molecule has 31 heavy (non-hydrogen) atoms. The molecule has 0 saturated heterocycles. The number of halogens is 1. The Labute approximate surface area is 184 Å². The number of anilines is 3. The van der Waals surface area contributed by atoms with E-state index in [0.29, 0.717) is 17.1 Å². The van der Waals surface area contributed by atoms with Crippen molar-refractivity contribution in [3.05, 3.63) is 41.5 Å². The average Bonchev–Trinajstić information content (AvgIpc) is 3.48. The minimum atomic E-state index is -1.48. The van der Waals surface area contributed by atoms with Crippen molar-refractivity contribution in [2.24, 2.45) is 5.92 Å². The lowest BCUT2D eigenvalue weighted by atomic mass is 10.1. The predicted molar refractivity (Wildman–Crippen MR) is 122 cm³/mol. The number of carbonyl (C=O) groups is 1. The first-order valence-corrected chi connectivity index (χ1v) is 11.3. The van der Waals surface area contributed by atoms with E-state index in [1.54, 1.807) is 22.9 Å². The second kappa shape index (κ2) is 9.15. The maximum atomic E-state index is 14.2. The number of thiazole rings is 1. The maximum absolute atomic E-state index is 14.2. The molecule has 1 amide bonds. The Hall–Kier alpha value is -2.78. The highest BCUT2D eigenvalue weighted by Crippen LogP contribution is 2.34. The number of benzene rings is 1. The van der Waals surface area contributed by atoms with Crippen molar-refractivity contribution < 1.29 is 14.3 Å². The molecule has 4 N–H and O–H groups in total. The van der Waals surface area contributed by atoms with Crippen LogP contribution in [0.25, 0.3) is 10.2 Å². The van der Waals surface area contributed by atoms with Gasteiger partial charge in [-0.05, 0) is 50.8 Å². The molecule has 1 aliphatic carbocycles. The van der Waals surface area contributed by atoms with Crippen LogP contribution in [-0.2, 0) is 0 Å². The van der Waals surface area contributed by atoms with Crippen LogP contribution in [0.15, 0.2) is 36.0 Å². The van der Waals surface area contributed by atoms with Crippen molar-refractivity contribution in [2.75, 3.05) is 17.2 Å². The van der Waals surface area contributed by atoms with Crippen molar-refractivity contribution in [3.63, 3.8) is 0 Å². The molecule has 2 atom stereocenters. The molecule has 0 radical (unpaired) electrons. The van der Waals surface area contributed by atoms with Crippen molar-refractivity contribution in [2.45, 2.75) is 45.0 Å². The van der Waals surface area contributed by atoms with Crippen molar-refractivity contribution in [1.29, 1.82) is 0 Å². The number of fused-ring (bicyclic) bond motifs is 1. The molecular weight excluding hydrogens is 417 g/mol. The Morgan fingerprint density at radius 1 is 1.29 bits per heavy atom. The number of aromatic nitrogens is 2. The van der Waals surface area contributed by atoms with Crippen LogP contribution in [0.3, 0.4) is 0 Å². The van der Waals surface area contributed by atoms with Gasteiger partial charge in [0.05, 0.1) is 39.6 Å². The van der Waals surface area contributed by atoms with Crippen LogP contribution in [0.2, 0.25) is 0 Å². The van der Waals surface area contributed by atoms with Gasteiger partial charge in [0.1, 0.15) is 12.0 Å². The topological polar surface area (TPSA) is 99.2 Å². The SMILES string of the molecule is CC(C)Nc1cc(Nc2ccc3ncsc3c2)ncc1C(=O)NCC(F)C(O)C1CC1. The predicted octanol–water partition coefficient (Wildman–Crippen LogP) is 4.09. The van der Waals surface area contributed by atoms with Gasteiger partial charge in [0.2, 0.25) is 0 Å². The minimum Gasteiger partial charge on any atom is -0.390 e. The molecular formula is C22H26FN5O2S.